The molecule has 0 amide bonds. The fraction of sp³-hybridized carbons (Fsp3) is 0.368. The summed E-state index contributed by atoms with van der Waals surface area (Å²) < 4.78 is 26.1. The van der Waals surface area contributed by atoms with Crippen molar-refractivity contribution in [3.63, 3.8) is 0 Å². The minimum Gasteiger partial charge on any atom is -0.481 e. The summed E-state index contributed by atoms with van der Waals surface area (Å²) in [7, 11) is 0. The SMILES string of the molecule is C[C@H](Oc1ccc(F)cc1)c1nn(CN2CCN(c3ncccn3)CC2)c(=S)o1. The van der Waals surface area contributed by atoms with Gasteiger partial charge in [0.2, 0.25) is 5.95 Å². The van der Waals surface area contributed by atoms with E-state index in [1.807, 2.05) is 13.0 Å². The first-order valence-electron chi connectivity index (χ1n) is 9.33. The summed E-state index contributed by atoms with van der Waals surface area (Å²) in [5.41, 5.74) is 0. The Morgan fingerprint density at radius 1 is 1.14 bits per heavy atom. The molecular formula is C19H21FN6O2S. The van der Waals surface area contributed by atoms with Crippen LogP contribution in [0.25, 0.3) is 0 Å². The molecule has 1 aromatic carbocycles. The van der Waals surface area contributed by atoms with Gasteiger partial charge in [0, 0.05) is 38.6 Å². The highest BCUT2D eigenvalue weighted by molar-refractivity contribution is 7.71. The van der Waals surface area contributed by atoms with E-state index < -0.39 is 6.10 Å². The Bertz CT molecular complexity index is 986. The fourth-order valence-corrected chi connectivity index (χ4v) is 3.26. The lowest BCUT2D eigenvalue weighted by molar-refractivity contribution is 0.185. The molecule has 1 atom stereocenters. The molecule has 0 radical (unpaired) electrons. The minimum atomic E-state index is -0.449. The standard InChI is InChI=1S/C19H21FN6O2S/c1-14(27-16-5-3-15(20)4-6-16)17-23-26(19(29)28-17)13-24-9-11-25(12-10-24)18-21-7-2-8-22-18/h2-8,14H,9-13H2,1H3/t14-/m0/s1. The molecule has 1 fully saturated rings. The number of rotatable bonds is 6. The van der Waals surface area contributed by atoms with Crippen LogP contribution in [0.3, 0.4) is 0 Å². The largest absolute Gasteiger partial charge is 0.481 e. The topological polar surface area (TPSA) is 72.5 Å². The molecule has 0 saturated carbocycles. The van der Waals surface area contributed by atoms with Crippen LogP contribution in [0.4, 0.5) is 10.3 Å². The molecule has 8 nitrogen and oxygen atoms in total. The number of nitrogens with zero attached hydrogens (tertiary/aromatic N) is 6. The van der Waals surface area contributed by atoms with Crippen LogP contribution in [-0.2, 0) is 6.67 Å². The second kappa shape index (κ2) is 8.66. The van der Waals surface area contributed by atoms with Crippen LogP contribution in [0.5, 0.6) is 5.75 Å². The Hall–Kier alpha value is -2.85. The number of aromatic nitrogens is 4. The summed E-state index contributed by atoms with van der Waals surface area (Å²) in [4.78, 5) is 13.3. The summed E-state index contributed by atoms with van der Waals surface area (Å²) in [6.45, 7) is 5.67. The molecule has 0 bridgehead atoms. The molecular weight excluding hydrogens is 395 g/mol. The highest BCUT2D eigenvalue weighted by Gasteiger charge is 2.21. The Labute approximate surface area is 172 Å². The maximum atomic E-state index is 13.0. The Kier molecular flexibility index (Phi) is 5.81. The first-order chi connectivity index (χ1) is 14.1. The Morgan fingerprint density at radius 3 is 2.52 bits per heavy atom. The van der Waals surface area contributed by atoms with E-state index in [-0.39, 0.29) is 5.82 Å². The first-order valence-corrected chi connectivity index (χ1v) is 9.74. The lowest BCUT2D eigenvalue weighted by Gasteiger charge is -2.34. The van der Waals surface area contributed by atoms with E-state index >= 15 is 0 Å². The van der Waals surface area contributed by atoms with Crippen LogP contribution in [0.15, 0.2) is 47.1 Å². The fourth-order valence-electron chi connectivity index (χ4n) is 3.08. The summed E-state index contributed by atoms with van der Waals surface area (Å²) >= 11 is 5.31. The smallest absolute Gasteiger partial charge is 0.288 e. The van der Waals surface area contributed by atoms with E-state index in [4.69, 9.17) is 21.4 Å². The Morgan fingerprint density at radius 2 is 1.83 bits per heavy atom. The Balaban J connectivity index is 1.35. The number of hydrogen-bond donors (Lipinski definition) is 0. The number of benzene rings is 1. The predicted molar refractivity (Wildman–Crippen MR) is 107 cm³/mol. The highest BCUT2D eigenvalue weighted by atomic mass is 32.1. The van der Waals surface area contributed by atoms with Gasteiger partial charge < -0.3 is 14.1 Å². The second-order valence-electron chi connectivity index (χ2n) is 6.72. The zero-order chi connectivity index (χ0) is 20.2. The maximum Gasteiger partial charge on any atom is 0.288 e. The van der Waals surface area contributed by atoms with Gasteiger partial charge in [-0.1, -0.05) is 0 Å². The molecule has 3 heterocycles. The van der Waals surface area contributed by atoms with Crippen LogP contribution in [0.1, 0.15) is 18.9 Å². The zero-order valence-electron chi connectivity index (χ0n) is 15.9. The van der Waals surface area contributed by atoms with Gasteiger partial charge in [-0.05, 0) is 49.5 Å². The van der Waals surface area contributed by atoms with Gasteiger partial charge in [0.1, 0.15) is 11.6 Å². The second-order valence-corrected chi connectivity index (χ2v) is 7.06. The maximum absolute atomic E-state index is 13.0. The van der Waals surface area contributed by atoms with Gasteiger partial charge in [0.15, 0.2) is 6.10 Å². The van der Waals surface area contributed by atoms with Gasteiger partial charge in [0.25, 0.3) is 10.7 Å². The van der Waals surface area contributed by atoms with Gasteiger partial charge >= 0.3 is 0 Å². The molecule has 3 aromatic rings. The molecule has 0 spiro atoms. The lowest BCUT2D eigenvalue weighted by atomic mass is 10.3. The summed E-state index contributed by atoms with van der Waals surface area (Å²) in [5.74, 6) is 1.36. The van der Waals surface area contributed by atoms with Crippen molar-refractivity contribution in [1.82, 2.24) is 24.6 Å². The molecule has 152 valence electrons. The van der Waals surface area contributed by atoms with Gasteiger partial charge in [-0.2, -0.15) is 0 Å². The number of anilines is 1. The van der Waals surface area contributed by atoms with Crippen LogP contribution >= 0.6 is 12.2 Å². The molecule has 1 aliphatic rings. The van der Waals surface area contributed by atoms with Gasteiger partial charge in [-0.15, -0.1) is 5.10 Å². The third-order valence-corrected chi connectivity index (χ3v) is 4.93. The van der Waals surface area contributed by atoms with E-state index in [1.54, 1.807) is 29.2 Å². The number of hydrogen-bond acceptors (Lipinski definition) is 8. The van der Waals surface area contributed by atoms with Crippen molar-refractivity contribution >= 4 is 18.2 Å². The third-order valence-electron chi connectivity index (χ3n) is 4.64. The molecule has 0 aliphatic carbocycles. The zero-order valence-corrected chi connectivity index (χ0v) is 16.8. The quantitative estimate of drug-likeness (QED) is 0.568. The minimum absolute atomic E-state index is 0.295. The van der Waals surface area contributed by atoms with Crippen molar-refractivity contribution in [2.75, 3.05) is 31.1 Å². The highest BCUT2D eigenvalue weighted by Crippen LogP contribution is 2.21. The summed E-state index contributed by atoms with van der Waals surface area (Å²) in [5, 5.41) is 4.46. The normalized spacial score (nSPS) is 16.0. The number of ether oxygens (including phenoxy) is 1. The van der Waals surface area contributed by atoms with Crippen molar-refractivity contribution in [2.45, 2.75) is 19.7 Å². The third kappa shape index (κ3) is 4.77. The number of piperazine rings is 1. The van der Waals surface area contributed by atoms with Crippen molar-refractivity contribution in [2.24, 2.45) is 0 Å². The molecule has 1 saturated heterocycles. The van der Waals surface area contributed by atoms with E-state index in [0.29, 0.717) is 23.1 Å². The molecule has 1 aliphatic heterocycles. The van der Waals surface area contributed by atoms with Gasteiger partial charge in [0.05, 0.1) is 6.67 Å². The van der Waals surface area contributed by atoms with Crippen LogP contribution in [0.2, 0.25) is 0 Å². The summed E-state index contributed by atoms with van der Waals surface area (Å²) in [6.07, 6.45) is 3.05. The monoisotopic (exact) mass is 416 g/mol. The summed E-state index contributed by atoms with van der Waals surface area (Å²) in [6, 6.07) is 7.62. The van der Waals surface area contributed by atoms with E-state index in [2.05, 4.69) is 24.9 Å². The average molecular weight is 416 g/mol. The van der Waals surface area contributed by atoms with E-state index in [9.17, 15) is 4.39 Å². The molecule has 0 unspecified atom stereocenters. The van der Waals surface area contributed by atoms with Crippen molar-refractivity contribution in [1.29, 1.82) is 0 Å². The lowest BCUT2D eigenvalue weighted by Crippen LogP contribution is -2.47. The van der Waals surface area contributed by atoms with Crippen LogP contribution in [0, 0.1) is 10.7 Å². The van der Waals surface area contributed by atoms with E-state index in [1.165, 1.54) is 12.1 Å². The van der Waals surface area contributed by atoms with E-state index in [0.717, 1.165) is 32.1 Å². The molecule has 29 heavy (non-hydrogen) atoms. The van der Waals surface area contributed by atoms with Crippen LogP contribution < -0.4 is 9.64 Å². The molecule has 4 rings (SSSR count). The molecule has 10 heteroatoms. The van der Waals surface area contributed by atoms with Crippen LogP contribution in [-0.4, -0.2) is 50.8 Å². The molecule has 2 aromatic heterocycles. The van der Waals surface area contributed by atoms with Crippen molar-refractivity contribution in [3.05, 3.63) is 59.3 Å². The molecule has 0 N–H and O–H groups in total. The van der Waals surface area contributed by atoms with Gasteiger partial charge in [-0.3, -0.25) is 4.90 Å². The van der Waals surface area contributed by atoms with Crippen molar-refractivity contribution < 1.29 is 13.5 Å². The average Bonchev–Trinajstić information content (AvgIpc) is 3.11. The number of halogens is 1. The predicted octanol–water partition coefficient (Wildman–Crippen LogP) is 3.05. The van der Waals surface area contributed by atoms with Crippen molar-refractivity contribution in [3.8, 4) is 5.75 Å². The van der Waals surface area contributed by atoms with Gasteiger partial charge in [-0.25, -0.2) is 19.0 Å². The first kappa shape index (κ1) is 19.5.